The number of nitrogens with zero attached hydrogens (tertiary/aromatic N) is 2. The first kappa shape index (κ1) is 13.7. The second-order valence-corrected chi connectivity index (χ2v) is 6.67. The van der Waals surface area contributed by atoms with Crippen molar-refractivity contribution < 1.29 is 0 Å². The van der Waals surface area contributed by atoms with Gasteiger partial charge in [-0.25, -0.2) is 0 Å². The second-order valence-electron chi connectivity index (χ2n) is 6.67. The summed E-state index contributed by atoms with van der Waals surface area (Å²) in [5.74, 6) is 0. The fraction of sp³-hybridized carbons (Fsp3) is 0. The quantitative estimate of drug-likeness (QED) is 0.308. The van der Waals surface area contributed by atoms with Crippen LogP contribution in [0.2, 0.25) is 0 Å². The zero-order valence-corrected chi connectivity index (χ0v) is 14.0. The Labute approximate surface area is 149 Å². The smallest absolute Gasteiger partial charge is 0.0971 e. The molecule has 26 heavy (non-hydrogen) atoms. The topological polar surface area (TPSA) is 25.8 Å². The molecule has 0 bridgehead atoms. The van der Waals surface area contributed by atoms with Gasteiger partial charge in [-0.1, -0.05) is 72.8 Å². The van der Waals surface area contributed by atoms with Crippen LogP contribution in [-0.2, 0) is 0 Å². The van der Waals surface area contributed by atoms with Crippen LogP contribution in [0.4, 0.5) is 0 Å². The van der Waals surface area contributed by atoms with E-state index in [-0.39, 0.29) is 0 Å². The third-order valence-corrected chi connectivity index (χ3v) is 5.32. The molecule has 6 rings (SSSR count). The van der Waals surface area contributed by atoms with Crippen molar-refractivity contribution in [1.82, 2.24) is 9.97 Å². The molecule has 1 heterocycles. The van der Waals surface area contributed by atoms with Crippen LogP contribution in [0.25, 0.3) is 54.1 Å². The summed E-state index contributed by atoms with van der Waals surface area (Å²) in [6.45, 7) is 0. The van der Waals surface area contributed by atoms with Crippen molar-refractivity contribution in [1.29, 1.82) is 0 Å². The highest BCUT2D eigenvalue weighted by molar-refractivity contribution is 6.35. The predicted molar refractivity (Wildman–Crippen MR) is 110 cm³/mol. The minimum absolute atomic E-state index is 0.969. The molecule has 0 amide bonds. The fourth-order valence-electron chi connectivity index (χ4n) is 4.21. The summed E-state index contributed by atoms with van der Waals surface area (Å²) < 4.78 is 0. The number of hydrogen-bond acceptors (Lipinski definition) is 2. The summed E-state index contributed by atoms with van der Waals surface area (Å²) in [5, 5.41) is 9.88. The monoisotopic (exact) mass is 330 g/mol. The zero-order chi connectivity index (χ0) is 17.1. The number of benzene rings is 5. The highest BCUT2D eigenvalue weighted by atomic mass is 14.8. The van der Waals surface area contributed by atoms with Gasteiger partial charge in [0, 0.05) is 33.9 Å². The molecule has 0 N–H and O–H groups in total. The van der Waals surface area contributed by atoms with E-state index in [2.05, 4.69) is 82.8 Å². The standard InChI is InChI=1S/C24H14N2/c1-3-7-17-15(5-1)9-11-19-21(17)22-18-8-4-2-6-16(18)10-12-20(22)24-23(19)25-13-14-26-24/h1-14H. The molecule has 1 aromatic heterocycles. The van der Waals surface area contributed by atoms with Gasteiger partial charge in [0.05, 0.1) is 11.0 Å². The number of rotatable bonds is 0. The van der Waals surface area contributed by atoms with Crippen LogP contribution in [0.5, 0.6) is 0 Å². The van der Waals surface area contributed by atoms with Crippen LogP contribution in [0.15, 0.2) is 85.2 Å². The number of fused-ring (bicyclic) bond motifs is 10. The van der Waals surface area contributed by atoms with Crippen LogP contribution in [0.3, 0.4) is 0 Å². The second kappa shape index (κ2) is 4.99. The molecule has 120 valence electrons. The van der Waals surface area contributed by atoms with Gasteiger partial charge in [0.2, 0.25) is 0 Å². The molecule has 5 aromatic carbocycles. The zero-order valence-electron chi connectivity index (χ0n) is 14.0. The van der Waals surface area contributed by atoms with Crippen molar-refractivity contribution in [2.75, 3.05) is 0 Å². The van der Waals surface area contributed by atoms with Crippen LogP contribution < -0.4 is 0 Å². The molecule has 0 saturated carbocycles. The van der Waals surface area contributed by atoms with E-state index in [0.717, 1.165) is 21.8 Å². The lowest BCUT2D eigenvalue weighted by atomic mass is 9.91. The third-order valence-electron chi connectivity index (χ3n) is 5.32. The normalized spacial score (nSPS) is 11.8. The average Bonchev–Trinajstić information content (AvgIpc) is 2.73. The predicted octanol–water partition coefficient (Wildman–Crippen LogP) is 6.24. The number of hydrogen-bond donors (Lipinski definition) is 0. The summed E-state index contributed by atoms with van der Waals surface area (Å²) >= 11 is 0. The first-order chi connectivity index (χ1) is 12.9. The molecule has 0 aliphatic heterocycles. The van der Waals surface area contributed by atoms with Crippen molar-refractivity contribution in [3.63, 3.8) is 0 Å². The van der Waals surface area contributed by atoms with Gasteiger partial charge in [-0.3, -0.25) is 9.97 Å². The lowest BCUT2D eigenvalue weighted by Crippen LogP contribution is -1.90. The Morgan fingerprint density at radius 1 is 0.423 bits per heavy atom. The van der Waals surface area contributed by atoms with Crippen LogP contribution in [0, 0.1) is 0 Å². The van der Waals surface area contributed by atoms with Gasteiger partial charge < -0.3 is 0 Å². The Kier molecular flexibility index (Phi) is 2.64. The highest BCUT2D eigenvalue weighted by Gasteiger charge is 2.14. The van der Waals surface area contributed by atoms with Crippen molar-refractivity contribution in [2.24, 2.45) is 0 Å². The Morgan fingerprint density at radius 2 is 0.885 bits per heavy atom. The number of aromatic nitrogens is 2. The molecular weight excluding hydrogens is 316 g/mol. The van der Waals surface area contributed by atoms with E-state index in [1.807, 2.05) is 0 Å². The molecule has 0 atom stereocenters. The lowest BCUT2D eigenvalue weighted by molar-refractivity contribution is 1.31. The molecule has 2 heteroatoms. The van der Waals surface area contributed by atoms with Gasteiger partial charge in [-0.05, 0) is 21.5 Å². The Hall–Kier alpha value is -3.52. The van der Waals surface area contributed by atoms with E-state index in [4.69, 9.17) is 0 Å². The van der Waals surface area contributed by atoms with E-state index in [9.17, 15) is 0 Å². The van der Waals surface area contributed by atoms with Crippen molar-refractivity contribution in [3.05, 3.63) is 85.2 Å². The fourth-order valence-corrected chi connectivity index (χ4v) is 4.21. The SMILES string of the molecule is c1ccc2c(c1)ccc1c3nccnc3c3ccc4ccccc4c3c21. The molecule has 0 saturated heterocycles. The summed E-state index contributed by atoms with van der Waals surface area (Å²) in [5.41, 5.74) is 1.94. The maximum atomic E-state index is 4.68. The van der Waals surface area contributed by atoms with Crippen LogP contribution in [0.1, 0.15) is 0 Å². The molecule has 0 spiro atoms. The van der Waals surface area contributed by atoms with Gasteiger partial charge in [0.25, 0.3) is 0 Å². The Balaban J connectivity index is 2.09. The molecule has 0 radical (unpaired) electrons. The van der Waals surface area contributed by atoms with Gasteiger partial charge >= 0.3 is 0 Å². The van der Waals surface area contributed by atoms with Gasteiger partial charge in [0.1, 0.15) is 0 Å². The summed E-state index contributed by atoms with van der Waals surface area (Å²) in [6.07, 6.45) is 3.56. The van der Waals surface area contributed by atoms with Gasteiger partial charge in [-0.15, -0.1) is 0 Å². The van der Waals surface area contributed by atoms with Gasteiger partial charge in [-0.2, -0.15) is 0 Å². The van der Waals surface area contributed by atoms with E-state index in [0.29, 0.717) is 0 Å². The Morgan fingerprint density at radius 3 is 1.38 bits per heavy atom. The summed E-state index contributed by atoms with van der Waals surface area (Å²) in [7, 11) is 0. The minimum Gasteiger partial charge on any atom is -0.252 e. The van der Waals surface area contributed by atoms with Crippen molar-refractivity contribution in [2.45, 2.75) is 0 Å². The summed E-state index contributed by atoms with van der Waals surface area (Å²) in [6, 6.07) is 25.9. The van der Waals surface area contributed by atoms with E-state index >= 15 is 0 Å². The van der Waals surface area contributed by atoms with Crippen molar-refractivity contribution >= 4 is 54.1 Å². The molecule has 0 aliphatic carbocycles. The Bertz CT molecular complexity index is 1370. The van der Waals surface area contributed by atoms with Gasteiger partial charge in [0.15, 0.2) is 0 Å². The minimum atomic E-state index is 0.969. The average molecular weight is 330 g/mol. The molecule has 2 nitrogen and oxygen atoms in total. The first-order valence-corrected chi connectivity index (χ1v) is 8.77. The lowest BCUT2D eigenvalue weighted by Gasteiger charge is -2.13. The van der Waals surface area contributed by atoms with Crippen molar-refractivity contribution in [3.8, 4) is 0 Å². The summed E-state index contributed by atoms with van der Waals surface area (Å²) in [4.78, 5) is 9.37. The largest absolute Gasteiger partial charge is 0.252 e. The first-order valence-electron chi connectivity index (χ1n) is 8.77. The maximum absolute atomic E-state index is 4.68. The molecule has 0 aliphatic rings. The maximum Gasteiger partial charge on any atom is 0.0971 e. The van der Waals surface area contributed by atoms with E-state index < -0.39 is 0 Å². The van der Waals surface area contributed by atoms with E-state index in [1.165, 1.54) is 32.3 Å². The molecular formula is C24H14N2. The van der Waals surface area contributed by atoms with Crippen LogP contribution >= 0.6 is 0 Å². The van der Waals surface area contributed by atoms with E-state index in [1.54, 1.807) is 12.4 Å². The highest BCUT2D eigenvalue weighted by Crippen LogP contribution is 2.40. The molecule has 6 aromatic rings. The van der Waals surface area contributed by atoms with Crippen LogP contribution in [-0.4, -0.2) is 9.97 Å². The third kappa shape index (κ3) is 1.71. The molecule has 0 fully saturated rings. The molecule has 0 unspecified atom stereocenters.